The summed E-state index contributed by atoms with van der Waals surface area (Å²) >= 11 is 9.30. The van der Waals surface area contributed by atoms with Crippen LogP contribution in [-0.2, 0) is 0 Å². The van der Waals surface area contributed by atoms with Gasteiger partial charge in [-0.2, -0.15) is 0 Å². The lowest BCUT2D eigenvalue weighted by molar-refractivity contribution is 0.441. The van der Waals surface area contributed by atoms with Crippen LogP contribution in [0.4, 0.5) is 4.39 Å². The Morgan fingerprint density at radius 1 is 1.21 bits per heavy atom. The highest BCUT2D eigenvalue weighted by Gasteiger charge is 2.10. The molecule has 100 valence electrons. The third kappa shape index (κ3) is 3.47. The molecule has 2 nitrogen and oxygen atoms in total. The molecule has 0 radical (unpaired) electrons. The van der Waals surface area contributed by atoms with Crippen molar-refractivity contribution < 1.29 is 9.13 Å². The van der Waals surface area contributed by atoms with Crippen LogP contribution in [-0.4, -0.2) is 0 Å². The molecule has 0 amide bonds. The van der Waals surface area contributed by atoms with Gasteiger partial charge < -0.3 is 10.5 Å². The van der Waals surface area contributed by atoms with E-state index in [4.69, 9.17) is 22.1 Å². The van der Waals surface area contributed by atoms with Gasteiger partial charge in [-0.25, -0.2) is 4.39 Å². The number of rotatable bonds is 3. The maximum absolute atomic E-state index is 13.9. The Balaban J connectivity index is 2.31. The van der Waals surface area contributed by atoms with Crippen molar-refractivity contribution in [2.24, 2.45) is 5.73 Å². The summed E-state index contributed by atoms with van der Waals surface area (Å²) in [4.78, 5) is 0. The first-order valence-electron chi connectivity index (χ1n) is 5.65. The monoisotopic (exact) mass is 343 g/mol. The van der Waals surface area contributed by atoms with E-state index >= 15 is 0 Å². The van der Waals surface area contributed by atoms with Crippen LogP contribution in [0.3, 0.4) is 0 Å². The fourth-order valence-corrected chi connectivity index (χ4v) is 2.05. The van der Waals surface area contributed by atoms with Gasteiger partial charge in [-0.3, -0.25) is 0 Å². The molecule has 2 rings (SSSR count). The SMILES string of the molecule is CC(N)c1ccc(Oc2cc(Br)ccc2Cl)c(F)c1. The lowest BCUT2D eigenvalue weighted by Gasteiger charge is -2.11. The first kappa shape index (κ1) is 14.3. The van der Waals surface area contributed by atoms with Crippen molar-refractivity contribution in [3.8, 4) is 11.5 Å². The van der Waals surface area contributed by atoms with Crippen molar-refractivity contribution >= 4 is 27.5 Å². The summed E-state index contributed by atoms with van der Waals surface area (Å²) in [5, 5.41) is 0.416. The molecule has 2 aromatic rings. The van der Waals surface area contributed by atoms with Crippen molar-refractivity contribution in [3.63, 3.8) is 0 Å². The lowest BCUT2D eigenvalue weighted by Crippen LogP contribution is -2.05. The maximum Gasteiger partial charge on any atom is 0.166 e. The molecule has 0 fully saturated rings. The van der Waals surface area contributed by atoms with Crippen molar-refractivity contribution in [3.05, 3.63) is 57.3 Å². The fraction of sp³-hybridized carbons (Fsp3) is 0.143. The van der Waals surface area contributed by atoms with E-state index < -0.39 is 5.82 Å². The third-order valence-electron chi connectivity index (χ3n) is 2.59. The third-order valence-corrected chi connectivity index (χ3v) is 3.40. The number of benzene rings is 2. The average Bonchev–Trinajstić information content (AvgIpc) is 2.36. The lowest BCUT2D eigenvalue weighted by atomic mass is 10.1. The maximum atomic E-state index is 13.9. The van der Waals surface area contributed by atoms with Gasteiger partial charge in [0.05, 0.1) is 5.02 Å². The van der Waals surface area contributed by atoms with Crippen molar-refractivity contribution in [1.29, 1.82) is 0 Å². The number of ether oxygens (including phenoxy) is 1. The zero-order valence-electron chi connectivity index (χ0n) is 10.2. The largest absolute Gasteiger partial charge is 0.453 e. The molecular formula is C14H12BrClFNO. The van der Waals surface area contributed by atoms with E-state index in [2.05, 4.69) is 15.9 Å². The van der Waals surface area contributed by atoms with Gasteiger partial charge >= 0.3 is 0 Å². The zero-order chi connectivity index (χ0) is 14.0. The van der Waals surface area contributed by atoms with Gasteiger partial charge in [-0.15, -0.1) is 0 Å². The predicted molar refractivity (Wildman–Crippen MR) is 78.2 cm³/mol. The summed E-state index contributed by atoms with van der Waals surface area (Å²) < 4.78 is 20.2. The van der Waals surface area contributed by atoms with E-state index in [1.165, 1.54) is 6.07 Å². The molecule has 19 heavy (non-hydrogen) atoms. The van der Waals surface area contributed by atoms with E-state index in [9.17, 15) is 4.39 Å². The van der Waals surface area contributed by atoms with E-state index in [1.807, 2.05) is 0 Å². The van der Waals surface area contributed by atoms with Crippen LogP contribution in [0.25, 0.3) is 0 Å². The minimum Gasteiger partial charge on any atom is -0.453 e. The minimum absolute atomic E-state index is 0.115. The van der Waals surface area contributed by atoms with Gasteiger partial charge in [0.25, 0.3) is 0 Å². The number of nitrogens with two attached hydrogens (primary N) is 1. The highest BCUT2D eigenvalue weighted by atomic mass is 79.9. The first-order valence-corrected chi connectivity index (χ1v) is 6.82. The van der Waals surface area contributed by atoms with E-state index in [0.717, 1.165) is 4.47 Å². The number of halogens is 3. The van der Waals surface area contributed by atoms with Gasteiger partial charge in [-0.05, 0) is 42.8 Å². The van der Waals surface area contributed by atoms with Crippen LogP contribution < -0.4 is 10.5 Å². The standard InChI is InChI=1S/C14H12BrClFNO/c1-8(18)9-2-5-13(12(17)6-9)19-14-7-10(15)3-4-11(14)16/h2-8H,18H2,1H3. The van der Waals surface area contributed by atoms with Gasteiger partial charge in [0.2, 0.25) is 0 Å². The van der Waals surface area contributed by atoms with Crippen molar-refractivity contribution in [1.82, 2.24) is 0 Å². The Hall–Kier alpha value is -1.10. The Morgan fingerprint density at radius 2 is 1.95 bits per heavy atom. The zero-order valence-corrected chi connectivity index (χ0v) is 12.5. The Labute approximate surface area is 124 Å². The Bertz CT molecular complexity index is 604. The predicted octanol–water partition coefficient (Wildman–Crippen LogP) is 5.05. The van der Waals surface area contributed by atoms with Crippen LogP contribution in [0.15, 0.2) is 40.9 Å². The smallest absolute Gasteiger partial charge is 0.166 e. The molecule has 1 unspecified atom stereocenters. The van der Waals surface area contributed by atoms with Crippen LogP contribution in [0.5, 0.6) is 11.5 Å². The Morgan fingerprint density at radius 3 is 2.58 bits per heavy atom. The molecule has 0 heterocycles. The van der Waals surface area contributed by atoms with Gasteiger partial charge in [0, 0.05) is 10.5 Å². The van der Waals surface area contributed by atoms with E-state index in [1.54, 1.807) is 37.3 Å². The molecule has 5 heteroatoms. The second kappa shape index (κ2) is 5.90. The molecule has 0 aliphatic rings. The molecule has 0 saturated carbocycles. The number of hydrogen-bond acceptors (Lipinski definition) is 2. The minimum atomic E-state index is -0.467. The van der Waals surface area contributed by atoms with Crippen LogP contribution in [0, 0.1) is 5.82 Å². The fourth-order valence-electron chi connectivity index (χ4n) is 1.56. The van der Waals surface area contributed by atoms with Crippen molar-refractivity contribution in [2.75, 3.05) is 0 Å². The molecule has 0 spiro atoms. The normalized spacial score (nSPS) is 12.3. The number of hydrogen-bond donors (Lipinski definition) is 1. The molecule has 2 aromatic carbocycles. The topological polar surface area (TPSA) is 35.2 Å². The second-order valence-corrected chi connectivity index (χ2v) is 5.48. The van der Waals surface area contributed by atoms with Crippen LogP contribution in [0.1, 0.15) is 18.5 Å². The summed E-state index contributed by atoms with van der Waals surface area (Å²) in [7, 11) is 0. The van der Waals surface area contributed by atoms with Gasteiger partial charge in [-0.1, -0.05) is 33.6 Å². The van der Waals surface area contributed by atoms with Crippen LogP contribution in [0.2, 0.25) is 5.02 Å². The summed E-state index contributed by atoms with van der Waals surface area (Å²) in [6, 6.07) is 9.56. The molecule has 0 aliphatic carbocycles. The van der Waals surface area contributed by atoms with Gasteiger partial charge in [0.1, 0.15) is 5.75 Å². The second-order valence-electron chi connectivity index (χ2n) is 4.16. The van der Waals surface area contributed by atoms with Crippen molar-refractivity contribution in [2.45, 2.75) is 13.0 Å². The van der Waals surface area contributed by atoms with E-state index in [-0.39, 0.29) is 11.8 Å². The molecular weight excluding hydrogens is 333 g/mol. The van der Waals surface area contributed by atoms with E-state index in [0.29, 0.717) is 16.3 Å². The highest BCUT2D eigenvalue weighted by Crippen LogP contribution is 2.33. The molecule has 0 aliphatic heterocycles. The quantitative estimate of drug-likeness (QED) is 0.845. The Kier molecular flexibility index (Phi) is 4.45. The molecule has 1 atom stereocenters. The molecule has 0 saturated heterocycles. The first-order chi connectivity index (χ1) is 8.97. The van der Waals surface area contributed by atoms with Gasteiger partial charge in [0.15, 0.2) is 11.6 Å². The highest BCUT2D eigenvalue weighted by molar-refractivity contribution is 9.10. The summed E-state index contributed by atoms with van der Waals surface area (Å²) in [5.41, 5.74) is 6.41. The molecule has 2 N–H and O–H groups in total. The van der Waals surface area contributed by atoms with Crippen LogP contribution >= 0.6 is 27.5 Å². The summed E-state index contributed by atoms with van der Waals surface area (Å²) in [5.74, 6) is 0.0405. The summed E-state index contributed by atoms with van der Waals surface area (Å²) in [6.45, 7) is 1.79. The molecule has 0 bridgehead atoms. The molecule has 0 aromatic heterocycles. The summed E-state index contributed by atoms with van der Waals surface area (Å²) in [6.07, 6.45) is 0. The average molecular weight is 345 g/mol.